The minimum Gasteiger partial charge on any atom is -0.370 e. The van der Waals surface area contributed by atoms with Gasteiger partial charge in [-0.1, -0.05) is 17.3 Å². The van der Waals surface area contributed by atoms with E-state index in [0.29, 0.717) is 25.3 Å². The average Bonchev–Trinajstić information content (AvgIpc) is 3.38. The zero-order chi connectivity index (χ0) is 17.5. The molecule has 4 heterocycles. The second-order valence-electron chi connectivity index (χ2n) is 6.51. The summed E-state index contributed by atoms with van der Waals surface area (Å²) in [6, 6.07) is 7.49. The molecule has 0 unspecified atom stereocenters. The summed E-state index contributed by atoms with van der Waals surface area (Å²) < 4.78 is 9.57. The smallest absolute Gasteiger partial charge is 0.256 e. The van der Waals surface area contributed by atoms with Crippen LogP contribution in [0.3, 0.4) is 0 Å². The summed E-state index contributed by atoms with van der Waals surface area (Å²) in [4.78, 5) is 15.1. The minimum atomic E-state index is -0.0139. The SMILES string of the molecule is O=C(c1ccccc1-n1cnnc1)N1CC[C@H]2OCc3cnnn3[C@H]2C1. The number of likely N-dealkylation sites (tertiary alicyclic amines) is 1. The van der Waals surface area contributed by atoms with Crippen molar-refractivity contribution in [3.05, 3.63) is 54.4 Å². The fourth-order valence-corrected chi connectivity index (χ4v) is 3.74. The molecule has 2 aromatic heterocycles. The van der Waals surface area contributed by atoms with Gasteiger partial charge in [0.15, 0.2) is 0 Å². The van der Waals surface area contributed by atoms with E-state index in [4.69, 9.17) is 4.74 Å². The zero-order valence-corrected chi connectivity index (χ0v) is 14.0. The van der Waals surface area contributed by atoms with E-state index in [1.807, 2.05) is 33.8 Å². The summed E-state index contributed by atoms with van der Waals surface area (Å²) in [5, 5.41) is 15.9. The Hall–Kier alpha value is -3.07. The van der Waals surface area contributed by atoms with Crippen molar-refractivity contribution in [1.82, 2.24) is 34.7 Å². The Morgan fingerprint density at radius 2 is 2.00 bits per heavy atom. The van der Waals surface area contributed by atoms with Crippen LogP contribution in [-0.2, 0) is 11.3 Å². The molecular weight excluding hydrogens is 334 g/mol. The van der Waals surface area contributed by atoms with Gasteiger partial charge in [-0.2, -0.15) is 0 Å². The van der Waals surface area contributed by atoms with Crippen LogP contribution in [0, 0.1) is 0 Å². The molecule has 2 atom stereocenters. The first-order valence-corrected chi connectivity index (χ1v) is 8.55. The Morgan fingerprint density at radius 1 is 1.15 bits per heavy atom. The number of benzene rings is 1. The van der Waals surface area contributed by atoms with Gasteiger partial charge in [0, 0.05) is 13.1 Å². The largest absolute Gasteiger partial charge is 0.370 e. The zero-order valence-electron chi connectivity index (χ0n) is 14.0. The molecule has 0 saturated carbocycles. The molecule has 3 aromatic rings. The van der Waals surface area contributed by atoms with Crippen LogP contribution in [0.4, 0.5) is 0 Å². The van der Waals surface area contributed by atoms with Crippen LogP contribution in [0.1, 0.15) is 28.5 Å². The Kier molecular flexibility index (Phi) is 3.52. The number of piperidine rings is 1. The maximum absolute atomic E-state index is 13.2. The van der Waals surface area contributed by atoms with Crippen molar-refractivity contribution in [3.63, 3.8) is 0 Å². The molecule has 0 aliphatic carbocycles. The molecule has 5 rings (SSSR count). The molecule has 0 bridgehead atoms. The fraction of sp³-hybridized carbons (Fsp3) is 0.353. The molecule has 0 radical (unpaired) electrons. The van der Waals surface area contributed by atoms with Gasteiger partial charge in [0.2, 0.25) is 0 Å². The van der Waals surface area contributed by atoms with Gasteiger partial charge in [0.25, 0.3) is 5.91 Å². The molecule has 0 spiro atoms. The Morgan fingerprint density at radius 3 is 2.88 bits per heavy atom. The van der Waals surface area contributed by atoms with E-state index in [1.54, 1.807) is 23.4 Å². The summed E-state index contributed by atoms with van der Waals surface area (Å²) in [5.41, 5.74) is 2.35. The highest BCUT2D eigenvalue weighted by Crippen LogP contribution is 2.31. The van der Waals surface area contributed by atoms with Crippen molar-refractivity contribution in [1.29, 1.82) is 0 Å². The van der Waals surface area contributed by atoms with Crippen LogP contribution in [-0.4, -0.2) is 59.8 Å². The topological polar surface area (TPSA) is 91.0 Å². The van der Waals surface area contributed by atoms with Gasteiger partial charge in [0.05, 0.1) is 41.9 Å². The van der Waals surface area contributed by atoms with Crippen molar-refractivity contribution in [3.8, 4) is 5.69 Å². The maximum Gasteiger partial charge on any atom is 0.256 e. The molecule has 2 aliphatic heterocycles. The van der Waals surface area contributed by atoms with E-state index in [9.17, 15) is 4.79 Å². The van der Waals surface area contributed by atoms with Crippen molar-refractivity contribution < 1.29 is 9.53 Å². The second-order valence-corrected chi connectivity index (χ2v) is 6.51. The van der Waals surface area contributed by atoms with Gasteiger partial charge >= 0.3 is 0 Å². The number of fused-ring (bicyclic) bond motifs is 3. The second kappa shape index (κ2) is 6.03. The lowest BCUT2D eigenvalue weighted by atomic mass is 9.99. The van der Waals surface area contributed by atoms with E-state index in [1.165, 1.54) is 0 Å². The molecule has 9 heteroatoms. The van der Waals surface area contributed by atoms with Crippen molar-refractivity contribution in [2.45, 2.75) is 25.2 Å². The lowest BCUT2D eigenvalue weighted by Gasteiger charge is -2.41. The lowest BCUT2D eigenvalue weighted by molar-refractivity contribution is -0.0605. The number of carbonyl (C=O) groups excluding carboxylic acids is 1. The molecule has 0 N–H and O–H groups in total. The monoisotopic (exact) mass is 351 g/mol. The normalized spacial score (nSPS) is 21.9. The Bertz CT molecular complexity index is 936. The lowest BCUT2D eigenvalue weighted by Crippen LogP contribution is -2.50. The van der Waals surface area contributed by atoms with Crippen molar-refractivity contribution in [2.75, 3.05) is 13.1 Å². The summed E-state index contributed by atoms with van der Waals surface area (Å²) in [6.45, 7) is 1.73. The maximum atomic E-state index is 13.2. The van der Waals surface area contributed by atoms with Gasteiger partial charge < -0.3 is 9.64 Å². The summed E-state index contributed by atoms with van der Waals surface area (Å²) >= 11 is 0. The first kappa shape index (κ1) is 15.2. The van der Waals surface area contributed by atoms with Crippen LogP contribution in [0.15, 0.2) is 43.1 Å². The average molecular weight is 351 g/mol. The molecule has 9 nitrogen and oxygen atoms in total. The molecule has 1 saturated heterocycles. The highest BCUT2D eigenvalue weighted by atomic mass is 16.5. The fourth-order valence-electron chi connectivity index (χ4n) is 3.74. The van der Waals surface area contributed by atoms with Crippen LogP contribution < -0.4 is 0 Å². The quantitative estimate of drug-likeness (QED) is 0.680. The van der Waals surface area contributed by atoms with Gasteiger partial charge in [-0.05, 0) is 18.6 Å². The predicted octanol–water partition coefficient (Wildman–Crippen LogP) is 0.845. The summed E-state index contributed by atoms with van der Waals surface area (Å²) in [5.74, 6) is -0.0139. The van der Waals surface area contributed by atoms with Crippen LogP contribution in [0.5, 0.6) is 0 Å². The van der Waals surface area contributed by atoms with Gasteiger partial charge in [-0.15, -0.1) is 15.3 Å². The molecule has 26 heavy (non-hydrogen) atoms. The Balaban J connectivity index is 1.45. The van der Waals surface area contributed by atoms with Crippen LogP contribution in [0.25, 0.3) is 5.69 Å². The number of amides is 1. The first-order valence-electron chi connectivity index (χ1n) is 8.55. The van der Waals surface area contributed by atoms with Gasteiger partial charge in [-0.25, -0.2) is 4.68 Å². The number of para-hydroxylation sites is 1. The predicted molar refractivity (Wildman–Crippen MR) is 89.5 cm³/mol. The summed E-state index contributed by atoms with van der Waals surface area (Å²) in [7, 11) is 0. The molecule has 2 aliphatic rings. The van der Waals surface area contributed by atoms with Gasteiger partial charge in [-0.3, -0.25) is 9.36 Å². The molecule has 132 valence electrons. The molecule has 1 aromatic carbocycles. The number of aromatic nitrogens is 6. The number of hydrogen-bond acceptors (Lipinski definition) is 6. The highest BCUT2D eigenvalue weighted by Gasteiger charge is 2.38. The van der Waals surface area contributed by atoms with E-state index < -0.39 is 0 Å². The number of carbonyl (C=O) groups is 1. The number of rotatable bonds is 2. The number of ether oxygens (including phenoxy) is 1. The third-order valence-electron chi connectivity index (χ3n) is 5.05. The summed E-state index contributed by atoms with van der Waals surface area (Å²) in [6.07, 6.45) is 5.76. The van der Waals surface area contributed by atoms with E-state index >= 15 is 0 Å². The van der Waals surface area contributed by atoms with E-state index in [0.717, 1.165) is 17.8 Å². The molecular formula is C17H17N7O2. The van der Waals surface area contributed by atoms with Crippen LogP contribution >= 0.6 is 0 Å². The third-order valence-corrected chi connectivity index (χ3v) is 5.05. The van der Waals surface area contributed by atoms with Crippen molar-refractivity contribution >= 4 is 5.91 Å². The standard InChI is InChI=1S/C17H17N7O2/c25-17(13-3-1-2-4-14(13)23-10-19-20-11-23)22-6-5-16-15(8-22)24-12(9-26-16)7-18-21-24/h1-4,7,10-11,15-16H,5-6,8-9H2/t15-,16+/m0/s1. The van der Waals surface area contributed by atoms with E-state index in [-0.39, 0.29) is 18.1 Å². The third kappa shape index (κ3) is 2.39. The van der Waals surface area contributed by atoms with Gasteiger partial charge in [0.1, 0.15) is 12.7 Å². The first-order chi connectivity index (χ1) is 12.8. The minimum absolute atomic E-state index is 0.000948. The van der Waals surface area contributed by atoms with E-state index in [2.05, 4.69) is 20.5 Å². The molecule has 1 fully saturated rings. The highest BCUT2D eigenvalue weighted by molar-refractivity contribution is 5.97. The van der Waals surface area contributed by atoms with Crippen LogP contribution in [0.2, 0.25) is 0 Å². The number of nitrogens with zero attached hydrogens (tertiary/aromatic N) is 7. The Labute approximate surface area is 149 Å². The molecule has 1 amide bonds. The number of hydrogen-bond donors (Lipinski definition) is 0. The van der Waals surface area contributed by atoms with Crippen molar-refractivity contribution in [2.24, 2.45) is 0 Å².